The van der Waals surface area contributed by atoms with Gasteiger partial charge < -0.3 is 9.47 Å². The quantitative estimate of drug-likeness (QED) is 0.419. The van der Waals surface area contributed by atoms with E-state index < -0.39 is 6.10 Å². The Labute approximate surface area is 70.4 Å². The van der Waals surface area contributed by atoms with Gasteiger partial charge in [0.05, 0.1) is 12.7 Å². The van der Waals surface area contributed by atoms with Crippen LogP contribution < -0.4 is 0 Å². The van der Waals surface area contributed by atoms with Gasteiger partial charge in [0, 0.05) is 6.92 Å². The number of esters is 1. The topological polar surface area (TPSA) is 59.3 Å². The number of carbonyl (C=O) groups excluding carboxylic acids is 1. The zero-order valence-electron chi connectivity index (χ0n) is 6.69. The average Bonchev–Trinajstić information content (AvgIpc) is 2.05. The molecule has 0 amide bonds. The Kier molecular flexibility index (Phi) is 2.83. The highest BCUT2D eigenvalue weighted by atomic mass is 16.6. The summed E-state index contributed by atoms with van der Waals surface area (Å²) in [4.78, 5) is 10.5. The maximum atomic E-state index is 10.5. The number of hydrogen-bond acceptors (Lipinski definition) is 4. The molecule has 1 aliphatic rings. The highest BCUT2D eigenvalue weighted by Gasteiger charge is 2.16. The molecule has 12 heavy (non-hydrogen) atoms. The third-order valence-corrected chi connectivity index (χ3v) is 1.39. The minimum absolute atomic E-state index is 0.258. The van der Waals surface area contributed by atoms with Crippen LogP contribution in [0.4, 0.5) is 0 Å². The fraction of sp³-hybridized carbons (Fsp3) is 0.500. The molecule has 1 unspecified atom stereocenters. The first-order chi connectivity index (χ1) is 5.72. The Hall–Kier alpha value is -1.34. The second-order valence-corrected chi connectivity index (χ2v) is 2.42. The smallest absolute Gasteiger partial charge is 0.303 e. The molecule has 0 aromatic carbocycles. The van der Waals surface area contributed by atoms with Gasteiger partial charge >= 0.3 is 5.97 Å². The Morgan fingerprint density at radius 1 is 1.75 bits per heavy atom. The molecular weight excluding hydrogens is 158 g/mol. The molecule has 0 spiro atoms. The largest absolute Gasteiger partial charge is 0.456 e. The molecule has 0 saturated carbocycles. The summed E-state index contributed by atoms with van der Waals surface area (Å²) < 4.78 is 9.84. The molecule has 64 valence electrons. The van der Waals surface area contributed by atoms with Crippen LogP contribution >= 0.6 is 0 Å². The zero-order chi connectivity index (χ0) is 8.97. The lowest BCUT2D eigenvalue weighted by atomic mass is 10.2. The van der Waals surface area contributed by atoms with Gasteiger partial charge in [-0.2, -0.15) is 5.26 Å². The van der Waals surface area contributed by atoms with E-state index in [0.29, 0.717) is 0 Å². The van der Waals surface area contributed by atoms with Crippen molar-refractivity contribution < 1.29 is 14.3 Å². The molecule has 0 N–H and O–H groups in total. The Morgan fingerprint density at radius 2 is 2.50 bits per heavy atom. The van der Waals surface area contributed by atoms with E-state index >= 15 is 0 Å². The van der Waals surface area contributed by atoms with Crippen molar-refractivity contribution in [3.05, 3.63) is 12.2 Å². The number of carbonyl (C=O) groups is 1. The summed E-state index contributed by atoms with van der Waals surface area (Å²) in [5.41, 5.74) is 0. The van der Waals surface area contributed by atoms with Crippen molar-refractivity contribution in [2.24, 2.45) is 0 Å². The second-order valence-electron chi connectivity index (χ2n) is 2.42. The van der Waals surface area contributed by atoms with Crippen LogP contribution in [0.3, 0.4) is 0 Å². The highest BCUT2D eigenvalue weighted by molar-refractivity contribution is 5.66. The van der Waals surface area contributed by atoms with E-state index in [2.05, 4.69) is 0 Å². The molecule has 0 aromatic rings. The van der Waals surface area contributed by atoms with Crippen LogP contribution in [0.5, 0.6) is 0 Å². The summed E-state index contributed by atoms with van der Waals surface area (Å²) in [5, 5.41) is 8.43. The molecule has 0 saturated heterocycles. The van der Waals surface area contributed by atoms with E-state index in [4.69, 9.17) is 14.7 Å². The van der Waals surface area contributed by atoms with Crippen LogP contribution in [-0.4, -0.2) is 24.8 Å². The molecule has 4 nitrogen and oxygen atoms in total. The third-order valence-electron chi connectivity index (χ3n) is 1.39. The monoisotopic (exact) mass is 167 g/mol. The van der Waals surface area contributed by atoms with Gasteiger partial charge in [-0.1, -0.05) is 0 Å². The van der Waals surface area contributed by atoms with Crippen molar-refractivity contribution in [3.8, 4) is 6.07 Å². The SMILES string of the molecule is CC(=O)O[C@H]1C=CC(C#N)OC1. The van der Waals surface area contributed by atoms with Gasteiger partial charge in [-0.15, -0.1) is 0 Å². The maximum Gasteiger partial charge on any atom is 0.303 e. The number of ether oxygens (including phenoxy) is 2. The highest BCUT2D eigenvalue weighted by Crippen LogP contribution is 2.07. The number of nitriles is 1. The van der Waals surface area contributed by atoms with Crippen LogP contribution in [-0.2, 0) is 14.3 Å². The lowest BCUT2D eigenvalue weighted by Gasteiger charge is -2.19. The molecule has 1 heterocycles. The number of nitrogens with zero attached hydrogens (tertiary/aromatic N) is 1. The summed E-state index contributed by atoms with van der Waals surface area (Å²) >= 11 is 0. The first-order valence-corrected chi connectivity index (χ1v) is 3.59. The standard InChI is InChI=1S/C8H9NO3/c1-6(10)12-8-3-2-7(4-9)11-5-8/h2-3,7-8H,5H2,1H3/t7?,8-/m0/s1. The lowest BCUT2D eigenvalue weighted by Crippen LogP contribution is -2.27. The summed E-state index contributed by atoms with van der Waals surface area (Å²) in [6.45, 7) is 1.60. The van der Waals surface area contributed by atoms with Crippen LogP contribution in [0, 0.1) is 11.3 Å². The van der Waals surface area contributed by atoms with Crippen molar-refractivity contribution >= 4 is 5.97 Å². The molecule has 0 bridgehead atoms. The third kappa shape index (κ3) is 2.36. The molecule has 0 radical (unpaired) electrons. The Morgan fingerprint density at radius 3 is 2.92 bits per heavy atom. The van der Waals surface area contributed by atoms with Crippen LogP contribution in [0.1, 0.15) is 6.92 Å². The fourth-order valence-corrected chi connectivity index (χ4v) is 0.901. The van der Waals surface area contributed by atoms with E-state index in [-0.39, 0.29) is 18.7 Å². The number of rotatable bonds is 1. The van der Waals surface area contributed by atoms with Crippen molar-refractivity contribution in [2.75, 3.05) is 6.61 Å². The molecule has 0 fully saturated rings. The van der Waals surface area contributed by atoms with Gasteiger partial charge in [-0.05, 0) is 12.2 Å². The minimum Gasteiger partial charge on any atom is -0.456 e. The summed E-state index contributed by atoms with van der Waals surface area (Å²) in [6, 6.07) is 1.93. The van der Waals surface area contributed by atoms with Crippen molar-refractivity contribution in [1.29, 1.82) is 5.26 Å². The van der Waals surface area contributed by atoms with Crippen molar-refractivity contribution in [1.82, 2.24) is 0 Å². The first-order valence-electron chi connectivity index (χ1n) is 3.59. The van der Waals surface area contributed by atoms with E-state index in [1.807, 2.05) is 6.07 Å². The molecule has 2 atom stereocenters. The maximum absolute atomic E-state index is 10.5. The van der Waals surface area contributed by atoms with Crippen molar-refractivity contribution in [3.63, 3.8) is 0 Å². The molecule has 0 aromatic heterocycles. The van der Waals surface area contributed by atoms with Crippen LogP contribution in [0.15, 0.2) is 12.2 Å². The molecule has 1 rings (SSSR count). The molecule has 4 heteroatoms. The molecule has 0 aliphatic carbocycles. The van der Waals surface area contributed by atoms with Crippen molar-refractivity contribution in [2.45, 2.75) is 19.1 Å². The van der Waals surface area contributed by atoms with Gasteiger partial charge in [0.1, 0.15) is 6.10 Å². The van der Waals surface area contributed by atoms with Gasteiger partial charge in [0.15, 0.2) is 6.10 Å². The van der Waals surface area contributed by atoms with Gasteiger partial charge in [-0.3, -0.25) is 4.79 Å². The second kappa shape index (κ2) is 3.88. The fourth-order valence-electron chi connectivity index (χ4n) is 0.901. The summed E-state index contributed by atoms with van der Waals surface area (Å²) in [7, 11) is 0. The van der Waals surface area contributed by atoms with E-state index in [1.54, 1.807) is 12.2 Å². The van der Waals surface area contributed by atoms with E-state index in [0.717, 1.165) is 0 Å². The summed E-state index contributed by atoms with van der Waals surface area (Å²) in [6.07, 6.45) is 2.40. The minimum atomic E-state index is -0.503. The number of hydrogen-bond donors (Lipinski definition) is 0. The van der Waals surface area contributed by atoms with Crippen LogP contribution in [0.2, 0.25) is 0 Å². The molecular formula is C8H9NO3. The van der Waals surface area contributed by atoms with E-state index in [1.165, 1.54) is 6.92 Å². The van der Waals surface area contributed by atoms with Gasteiger partial charge in [-0.25, -0.2) is 0 Å². The Balaban J connectivity index is 2.44. The summed E-state index contributed by atoms with van der Waals surface area (Å²) in [5.74, 6) is -0.344. The average molecular weight is 167 g/mol. The predicted molar refractivity (Wildman–Crippen MR) is 40.0 cm³/mol. The predicted octanol–water partition coefficient (Wildman–Crippen LogP) is 0.397. The Bertz CT molecular complexity index is 241. The zero-order valence-corrected chi connectivity index (χ0v) is 6.69. The van der Waals surface area contributed by atoms with Gasteiger partial charge in [0.2, 0.25) is 0 Å². The lowest BCUT2D eigenvalue weighted by molar-refractivity contribution is -0.147. The van der Waals surface area contributed by atoms with Crippen LogP contribution in [0.25, 0.3) is 0 Å². The normalized spacial score (nSPS) is 27.7. The first kappa shape index (κ1) is 8.75. The van der Waals surface area contributed by atoms with Gasteiger partial charge in [0.25, 0.3) is 0 Å². The van der Waals surface area contributed by atoms with E-state index in [9.17, 15) is 4.79 Å². The molecule has 1 aliphatic heterocycles.